The first-order valence-corrected chi connectivity index (χ1v) is 7.02. The number of benzene rings is 1. The first-order chi connectivity index (χ1) is 8.12. The zero-order valence-corrected chi connectivity index (χ0v) is 11.3. The molecule has 0 heterocycles. The second kappa shape index (κ2) is 4.00. The molecule has 1 saturated carbocycles. The highest BCUT2D eigenvalue weighted by molar-refractivity contribution is 6.30. The number of aryl methyl sites for hydroxylation is 1. The minimum Gasteiger partial charge on any atom is -0.314 e. The van der Waals surface area contributed by atoms with Gasteiger partial charge in [0.15, 0.2) is 0 Å². The Morgan fingerprint density at radius 1 is 1.47 bits per heavy atom. The van der Waals surface area contributed by atoms with Crippen molar-refractivity contribution in [2.75, 3.05) is 6.54 Å². The van der Waals surface area contributed by atoms with E-state index in [1.165, 1.54) is 31.4 Å². The number of fused-ring (bicyclic) bond motifs is 2. The monoisotopic (exact) mass is 249 g/mol. The SMILES string of the molecule is CC(C)NCC1CC12CCc1cc(Cl)ccc12. The van der Waals surface area contributed by atoms with E-state index in [1.54, 1.807) is 5.56 Å². The fraction of sp³-hybridized carbons (Fsp3) is 0.600. The lowest BCUT2D eigenvalue weighted by Gasteiger charge is -2.13. The molecule has 0 aliphatic heterocycles. The molecule has 2 aliphatic carbocycles. The Balaban J connectivity index is 1.77. The summed E-state index contributed by atoms with van der Waals surface area (Å²) < 4.78 is 0. The first kappa shape index (κ1) is 11.6. The van der Waals surface area contributed by atoms with Gasteiger partial charge in [-0.25, -0.2) is 0 Å². The lowest BCUT2D eigenvalue weighted by atomic mass is 9.95. The predicted molar refractivity (Wildman–Crippen MR) is 72.7 cm³/mol. The van der Waals surface area contributed by atoms with Crippen LogP contribution >= 0.6 is 11.6 Å². The Hall–Kier alpha value is -0.530. The van der Waals surface area contributed by atoms with Crippen LogP contribution in [-0.2, 0) is 11.8 Å². The van der Waals surface area contributed by atoms with Crippen molar-refractivity contribution in [3.8, 4) is 0 Å². The van der Waals surface area contributed by atoms with Crippen molar-refractivity contribution >= 4 is 11.6 Å². The molecule has 2 heteroatoms. The molecule has 2 unspecified atom stereocenters. The second-order valence-corrected chi connectivity index (χ2v) is 6.36. The van der Waals surface area contributed by atoms with E-state index in [2.05, 4.69) is 37.4 Å². The first-order valence-electron chi connectivity index (χ1n) is 6.64. The molecule has 1 spiro atoms. The topological polar surface area (TPSA) is 12.0 Å². The van der Waals surface area contributed by atoms with Gasteiger partial charge < -0.3 is 5.32 Å². The van der Waals surface area contributed by atoms with Crippen molar-refractivity contribution in [3.05, 3.63) is 34.3 Å². The summed E-state index contributed by atoms with van der Waals surface area (Å²) in [6.07, 6.45) is 3.91. The Labute approximate surface area is 109 Å². The van der Waals surface area contributed by atoms with Gasteiger partial charge in [-0.05, 0) is 55.0 Å². The van der Waals surface area contributed by atoms with Gasteiger partial charge in [0.2, 0.25) is 0 Å². The minimum absolute atomic E-state index is 0.502. The third-order valence-electron chi connectivity index (χ3n) is 4.45. The molecule has 17 heavy (non-hydrogen) atoms. The number of nitrogens with one attached hydrogen (secondary N) is 1. The summed E-state index contributed by atoms with van der Waals surface area (Å²) in [5.41, 5.74) is 3.57. The van der Waals surface area contributed by atoms with Crippen LogP contribution in [-0.4, -0.2) is 12.6 Å². The lowest BCUT2D eigenvalue weighted by Crippen LogP contribution is -2.27. The van der Waals surface area contributed by atoms with E-state index in [9.17, 15) is 0 Å². The van der Waals surface area contributed by atoms with Crippen molar-refractivity contribution < 1.29 is 0 Å². The van der Waals surface area contributed by atoms with E-state index in [1.807, 2.05) is 0 Å². The molecule has 0 amide bonds. The van der Waals surface area contributed by atoms with E-state index >= 15 is 0 Å². The highest BCUT2D eigenvalue weighted by Gasteiger charge is 2.57. The largest absolute Gasteiger partial charge is 0.314 e. The van der Waals surface area contributed by atoms with E-state index < -0.39 is 0 Å². The van der Waals surface area contributed by atoms with E-state index in [0.717, 1.165) is 10.9 Å². The van der Waals surface area contributed by atoms with E-state index in [-0.39, 0.29) is 0 Å². The van der Waals surface area contributed by atoms with Crippen LogP contribution in [0.4, 0.5) is 0 Å². The lowest BCUT2D eigenvalue weighted by molar-refractivity contribution is 0.511. The van der Waals surface area contributed by atoms with Crippen LogP contribution in [0.25, 0.3) is 0 Å². The van der Waals surface area contributed by atoms with Crippen LogP contribution in [0, 0.1) is 5.92 Å². The van der Waals surface area contributed by atoms with Crippen LogP contribution in [0.5, 0.6) is 0 Å². The van der Waals surface area contributed by atoms with Gasteiger partial charge in [-0.15, -0.1) is 0 Å². The normalized spacial score (nSPS) is 30.0. The summed E-state index contributed by atoms with van der Waals surface area (Å²) >= 11 is 6.06. The van der Waals surface area contributed by atoms with Crippen molar-refractivity contribution in [3.63, 3.8) is 0 Å². The van der Waals surface area contributed by atoms with Gasteiger partial charge >= 0.3 is 0 Å². The van der Waals surface area contributed by atoms with Crippen molar-refractivity contribution in [2.24, 2.45) is 5.92 Å². The second-order valence-electron chi connectivity index (χ2n) is 5.92. The average molecular weight is 250 g/mol. The smallest absolute Gasteiger partial charge is 0.0408 e. The van der Waals surface area contributed by atoms with Crippen LogP contribution in [0.1, 0.15) is 37.8 Å². The number of halogens is 1. The zero-order chi connectivity index (χ0) is 12.0. The molecule has 2 aliphatic rings. The third-order valence-corrected chi connectivity index (χ3v) is 4.68. The van der Waals surface area contributed by atoms with Gasteiger partial charge in [0.1, 0.15) is 0 Å². The predicted octanol–water partition coefficient (Wildman–Crippen LogP) is 3.54. The highest BCUT2D eigenvalue weighted by Crippen LogP contribution is 2.61. The molecule has 0 aromatic heterocycles. The Morgan fingerprint density at radius 3 is 3.06 bits per heavy atom. The molecule has 2 atom stereocenters. The maximum Gasteiger partial charge on any atom is 0.0408 e. The number of hydrogen-bond donors (Lipinski definition) is 1. The molecule has 1 aromatic carbocycles. The third kappa shape index (κ3) is 1.90. The number of hydrogen-bond acceptors (Lipinski definition) is 1. The molecule has 3 rings (SSSR count). The fourth-order valence-corrected chi connectivity index (χ4v) is 3.60. The summed E-state index contributed by atoms with van der Waals surface area (Å²) in [6, 6.07) is 7.08. The van der Waals surface area contributed by atoms with E-state index in [0.29, 0.717) is 11.5 Å². The van der Waals surface area contributed by atoms with Crippen LogP contribution < -0.4 is 5.32 Å². The van der Waals surface area contributed by atoms with Gasteiger partial charge in [0, 0.05) is 16.5 Å². The summed E-state index contributed by atoms with van der Waals surface area (Å²) in [7, 11) is 0. The van der Waals surface area contributed by atoms with E-state index in [4.69, 9.17) is 11.6 Å². The Kier molecular flexibility index (Phi) is 2.72. The van der Waals surface area contributed by atoms with Gasteiger partial charge in [-0.1, -0.05) is 31.5 Å². The van der Waals surface area contributed by atoms with Crippen LogP contribution in [0.3, 0.4) is 0 Å². The molecule has 1 aromatic rings. The van der Waals surface area contributed by atoms with Crippen LogP contribution in [0.15, 0.2) is 18.2 Å². The zero-order valence-electron chi connectivity index (χ0n) is 10.6. The summed E-state index contributed by atoms with van der Waals surface area (Å²) in [5.74, 6) is 0.840. The van der Waals surface area contributed by atoms with Gasteiger partial charge in [0.25, 0.3) is 0 Å². The molecule has 1 fully saturated rings. The molecule has 1 N–H and O–H groups in total. The van der Waals surface area contributed by atoms with Gasteiger partial charge in [0.05, 0.1) is 0 Å². The molecule has 0 bridgehead atoms. The quantitative estimate of drug-likeness (QED) is 0.864. The Bertz CT molecular complexity index is 441. The van der Waals surface area contributed by atoms with Crippen LogP contribution in [0.2, 0.25) is 5.02 Å². The average Bonchev–Trinajstić information content (AvgIpc) is 2.86. The fourth-order valence-electron chi connectivity index (χ4n) is 3.41. The maximum atomic E-state index is 6.06. The van der Waals surface area contributed by atoms with Crippen molar-refractivity contribution in [1.29, 1.82) is 0 Å². The minimum atomic E-state index is 0.502. The molecule has 92 valence electrons. The van der Waals surface area contributed by atoms with Crippen molar-refractivity contribution in [2.45, 2.75) is 44.6 Å². The van der Waals surface area contributed by atoms with Crippen molar-refractivity contribution in [1.82, 2.24) is 5.32 Å². The van der Waals surface area contributed by atoms with Gasteiger partial charge in [-0.2, -0.15) is 0 Å². The maximum absolute atomic E-state index is 6.06. The summed E-state index contributed by atoms with van der Waals surface area (Å²) in [5, 5.41) is 4.46. The summed E-state index contributed by atoms with van der Waals surface area (Å²) in [6.45, 7) is 5.61. The molecular weight excluding hydrogens is 230 g/mol. The molecule has 0 saturated heterocycles. The molecule has 0 radical (unpaired) electrons. The Morgan fingerprint density at radius 2 is 2.29 bits per heavy atom. The molecule has 1 nitrogen and oxygen atoms in total. The molecular formula is C15H20ClN. The standard InChI is InChI=1S/C15H20ClN/c1-10(2)17-9-12-8-15(12)6-5-11-7-13(16)3-4-14(11)15/h3-4,7,10,12,17H,5-6,8-9H2,1-2H3. The number of rotatable bonds is 3. The van der Waals surface area contributed by atoms with Gasteiger partial charge in [-0.3, -0.25) is 0 Å². The highest BCUT2D eigenvalue weighted by atomic mass is 35.5. The summed E-state index contributed by atoms with van der Waals surface area (Å²) in [4.78, 5) is 0.